The second-order valence-corrected chi connectivity index (χ2v) is 10.0. The molecule has 4 heteroatoms. The molecular formula is C28H38N4. The predicted octanol–water partition coefficient (Wildman–Crippen LogP) is 6.04. The van der Waals surface area contributed by atoms with E-state index in [2.05, 4.69) is 55.3 Å². The van der Waals surface area contributed by atoms with Gasteiger partial charge in [-0.05, 0) is 76.6 Å². The molecule has 2 saturated heterocycles. The average Bonchev–Trinajstić information content (AvgIpc) is 3.17. The van der Waals surface area contributed by atoms with Crippen molar-refractivity contribution in [3.63, 3.8) is 0 Å². The third-order valence-electron chi connectivity index (χ3n) is 7.93. The molecular weight excluding hydrogens is 392 g/mol. The van der Waals surface area contributed by atoms with Crippen molar-refractivity contribution in [2.24, 2.45) is 15.9 Å². The van der Waals surface area contributed by atoms with E-state index in [0.717, 1.165) is 32.4 Å². The van der Waals surface area contributed by atoms with Crippen molar-refractivity contribution < 1.29 is 0 Å². The second kappa shape index (κ2) is 8.97. The van der Waals surface area contributed by atoms with Crippen molar-refractivity contribution in [2.45, 2.75) is 71.8 Å². The number of hydrogen-bond acceptors (Lipinski definition) is 4. The van der Waals surface area contributed by atoms with E-state index >= 15 is 0 Å². The highest BCUT2D eigenvalue weighted by Crippen LogP contribution is 2.37. The molecule has 0 radical (unpaired) electrons. The maximum atomic E-state index is 5.20. The number of rotatable bonds is 5. The summed E-state index contributed by atoms with van der Waals surface area (Å²) < 4.78 is 0. The Kier molecular flexibility index (Phi) is 6.07. The molecule has 1 aromatic carbocycles. The smallest absolute Gasteiger partial charge is 0.109 e. The average molecular weight is 431 g/mol. The van der Waals surface area contributed by atoms with E-state index < -0.39 is 0 Å². The van der Waals surface area contributed by atoms with Gasteiger partial charge < -0.3 is 9.80 Å². The molecule has 4 nitrogen and oxygen atoms in total. The SMILES string of the molecule is C=C1C(CCN2CCC(C3=NC(CC)c4cc(C)ccc43)CC2)=C(C)N=C2CCCCN12. The number of nitrogens with zero attached hydrogens (tertiary/aromatic N) is 4. The van der Waals surface area contributed by atoms with Crippen LogP contribution in [-0.2, 0) is 0 Å². The molecule has 2 fully saturated rings. The lowest BCUT2D eigenvalue weighted by atomic mass is 9.86. The molecule has 1 unspecified atom stereocenters. The van der Waals surface area contributed by atoms with Gasteiger partial charge in [-0.1, -0.05) is 37.3 Å². The minimum atomic E-state index is 0.366. The first-order valence-electron chi connectivity index (χ1n) is 12.7. The highest BCUT2D eigenvalue weighted by Gasteiger charge is 2.32. The molecule has 4 aliphatic rings. The van der Waals surface area contributed by atoms with Crippen molar-refractivity contribution >= 4 is 11.5 Å². The molecule has 0 saturated carbocycles. The number of benzene rings is 1. The lowest BCUT2D eigenvalue weighted by Gasteiger charge is -2.37. The predicted molar refractivity (Wildman–Crippen MR) is 134 cm³/mol. The first-order valence-corrected chi connectivity index (χ1v) is 12.7. The van der Waals surface area contributed by atoms with Gasteiger partial charge in [-0.3, -0.25) is 4.99 Å². The standard InChI is InChI=1S/C28H38N4/c1-5-26-25-18-19(2)9-10-24(25)28(30-26)22-11-15-31(16-12-22)17-13-23-20(3)29-27-8-6-7-14-32(27)21(23)4/h9-10,18,22,26H,4-8,11-17H2,1-3H3. The Balaban J connectivity index is 1.20. The summed E-state index contributed by atoms with van der Waals surface area (Å²) in [6.07, 6.45) is 8.20. The quantitative estimate of drug-likeness (QED) is 0.570. The minimum Gasteiger partial charge on any atom is -0.330 e. The lowest BCUT2D eigenvalue weighted by Crippen LogP contribution is -2.39. The molecule has 4 heterocycles. The molecule has 1 aromatic rings. The Morgan fingerprint density at radius 2 is 1.91 bits per heavy atom. The molecule has 0 bridgehead atoms. The Morgan fingerprint density at radius 1 is 1.09 bits per heavy atom. The van der Waals surface area contributed by atoms with E-state index in [1.54, 1.807) is 0 Å². The Bertz CT molecular complexity index is 991. The van der Waals surface area contributed by atoms with Crippen LogP contribution in [0.1, 0.15) is 81.5 Å². The molecule has 0 N–H and O–H groups in total. The van der Waals surface area contributed by atoms with Crippen LogP contribution in [0.5, 0.6) is 0 Å². The van der Waals surface area contributed by atoms with Gasteiger partial charge in [0.15, 0.2) is 0 Å². The molecule has 1 atom stereocenters. The van der Waals surface area contributed by atoms with Crippen LogP contribution in [0.2, 0.25) is 0 Å². The highest BCUT2D eigenvalue weighted by atomic mass is 15.2. The van der Waals surface area contributed by atoms with E-state index in [9.17, 15) is 0 Å². The van der Waals surface area contributed by atoms with E-state index in [4.69, 9.17) is 9.98 Å². The van der Waals surface area contributed by atoms with Gasteiger partial charge in [-0.15, -0.1) is 0 Å². The van der Waals surface area contributed by atoms with Crippen LogP contribution in [0, 0.1) is 12.8 Å². The van der Waals surface area contributed by atoms with E-state index in [0.29, 0.717) is 12.0 Å². The minimum absolute atomic E-state index is 0.366. The summed E-state index contributed by atoms with van der Waals surface area (Å²) in [6.45, 7) is 15.6. The number of aliphatic imine (C=N–C) groups is 2. The number of amidine groups is 1. The number of fused-ring (bicyclic) bond motifs is 2. The first kappa shape index (κ1) is 21.6. The van der Waals surface area contributed by atoms with E-state index in [1.165, 1.54) is 84.0 Å². The molecule has 0 aliphatic carbocycles. The summed E-state index contributed by atoms with van der Waals surface area (Å²) in [4.78, 5) is 15.2. The van der Waals surface area contributed by atoms with Gasteiger partial charge in [-0.2, -0.15) is 0 Å². The lowest BCUT2D eigenvalue weighted by molar-refractivity contribution is 0.211. The van der Waals surface area contributed by atoms with Gasteiger partial charge in [0.25, 0.3) is 0 Å². The Labute approximate surface area is 193 Å². The fraction of sp³-hybridized carbons (Fsp3) is 0.571. The first-order chi connectivity index (χ1) is 15.5. The van der Waals surface area contributed by atoms with E-state index in [-0.39, 0.29) is 0 Å². The van der Waals surface area contributed by atoms with Crippen LogP contribution in [0.3, 0.4) is 0 Å². The molecule has 170 valence electrons. The highest BCUT2D eigenvalue weighted by molar-refractivity contribution is 6.05. The summed E-state index contributed by atoms with van der Waals surface area (Å²) in [5, 5.41) is 0. The van der Waals surface area contributed by atoms with Gasteiger partial charge in [0.2, 0.25) is 0 Å². The maximum Gasteiger partial charge on any atom is 0.109 e. The molecule has 0 aromatic heterocycles. The normalized spacial score (nSPS) is 24.4. The van der Waals surface area contributed by atoms with Crippen molar-refractivity contribution in [1.82, 2.24) is 9.80 Å². The fourth-order valence-corrected chi connectivity index (χ4v) is 6.02. The summed E-state index contributed by atoms with van der Waals surface area (Å²) in [5.74, 6) is 1.84. The van der Waals surface area contributed by atoms with E-state index in [1.807, 2.05) is 0 Å². The summed E-state index contributed by atoms with van der Waals surface area (Å²) in [6, 6.07) is 7.30. The zero-order chi connectivity index (χ0) is 22.2. The number of piperidine rings is 2. The number of hydrogen-bond donors (Lipinski definition) is 0. The zero-order valence-electron chi connectivity index (χ0n) is 20.2. The number of allylic oxidation sites excluding steroid dienone is 2. The van der Waals surface area contributed by atoms with Crippen LogP contribution >= 0.6 is 0 Å². The largest absolute Gasteiger partial charge is 0.330 e. The van der Waals surface area contributed by atoms with Gasteiger partial charge in [0.1, 0.15) is 5.84 Å². The van der Waals surface area contributed by atoms with Crippen LogP contribution in [-0.4, -0.2) is 47.5 Å². The van der Waals surface area contributed by atoms with Crippen molar-refractivity contribution in [1.29, 1.82) is 0 Å². The summed E-state index contributed by atoms with van der Waals surface area (Å²) >= 11 is 0. The summed E-state index contributed by atoms with van der Waals surface area (Å²) in [5.41, 5.74) is 9.39. The summed E-state index contributed by atoms with van der Waals surface area (Å²) in [7, 11) is 0. The third kappa shape index (κ3) is 3.98. The molecule has 5 rings (SSSR count). The van der Waals surface area contributed by atoms with Crippen LogP contribution in [0.15, 0.2) is 51.7 Å². The Morgan fingerprint density at radius 3 is 2.69 bits per heavy atom. The topological polar surface area (TPSA) is 31.2 Å². The second-order valence-electron chi connectivity index (χ2n) is 10.0. The molecule has 4 aliphatic heterocycles. The van der Waals surface area contributed by atoms with Gasteiger partial charge in [0.05, 0.1) is 6.04 Å². The van der Waals surface area contributed by atoms with Crippen LogP contribution < -0.4 is 0 Å². The fourth-order valence-electron chi connectivity index (χ4n) is 6.02. The monoisotopic (exact) mass is 430 g/mol. The Hall–Kier alpha value is -2.20. The van der Waals surface area contributed by atoms with Gasteiger partial charge >= 0.3 is 0 Å². The number of aryl methyl sites for hydroxylation is 1. The van der Waals surface area contributed by atoms with Crippen molar-refractivity contribution in [2.75, 3.05) is 26.2 Å². The maximum absolute atomic E-state index is 5.20. The van der Waals surface area contributed by atoms with Gasteiger partial charge in [0, 0.05) is 48.1 Å². The van der Waals surface area contributed by atoms with Crippen molar-refractivity contribution in [3.8, 4) is 0 Å². The van der Waals surface area contributed by atoms with Crippen LogP contribution in [0.25, 0.3) is 0 Å². The zero-order valence-corrected chi connectivity index (χ0v) is 20.2. The number of likely N-dealkylation sites (tertiary alicyclic amines) is 1. The third-order valence-corrected chi connectivity index (χ3v) is 7.93. The molecule has 0 amide bonds. The van der Waals surface area contributed by atoms with Crippen molar-refractivity contribution in [3.05, 3.63) is 58.4 Å². The molecule has 32 heavy (non-hydrogen) atoms. The van der Waals surface area contributed by atoms with Gasteiger partial charge in [-0.25, -0.2) is 4.99 Å². The van der Waals surface area contributed by atoms with Crippen LogP contribution in [0.4, 0.5) is 0 Å². The molecule has 0 spiro atoms.